The van der Waals surface area contributed by atoms with Crippen molar-refractivity contribution in [2.45, 2.75) is 19.7 Å². The molecular weight excluding hydrogens is 431 g/mol. The van der Waals surface area contributed by atoms with Crippen LogP contribution in [-0.4, -0.2) is 28.9 Å². The quantitative estimate of drug-likeness (QED) is 0.356. The standard InChI is InChI=1S/C21H18F3N3O5/c1-2-30-18-9-13(10-26-27-19-8-4-14(11-25-19)21(22,23)24)3-6-16(18)31-12-15-5-7-17(32-15)20(28)29/h3-11H,2,12H2,1H3,(H,25,27)(H,28,29). The number of aromatic nitrogens is 1. The molecule has 0 spiro atoms. The highest BCUT2D eigenvalue weighted by Gasteiger charge is 2.30. The van der Waals surface area contributed by atoms with Crippen LogP contribution in [0.1, 0.15) is 34.4 Å². The van der Waals surface area contributed by atoms with Gasteiger partial charge in [-0.1, -0.05) is 0 Å². The minimum atomic E-state index is -4.45. The Morgan fingerprint density at radius 3 is 2.62 bits per heavy atom. The summed E-state index contributed by atoms with van der Waals surface area (Å²) in [5.74, 6) is -0.0314. The number of hydrogen-bond donors (Lipinski definition) is 2. The van der Waals surface area contributed by atoms with Crippen LogP contribution in [0.2, 0.25) is 0 Å². The van der Waals surface area contributed by atoms with Crippen molar-refractivity contribution in [1.82, 2.24) is 4.98 Å². The van der Waals surface area contributed by atoms with Crippen LogP contribution in [0.5, 0.6) is 11.5 Å². The maximum Gasteiger partial charge on any atom is 0.417 e. The number of pyridine rings is 1. The fourth-order valence-electron chi connectivity index (χ4n) is 2.51. The Balaban J connectivity index is 1.64. The summed E-state index contributed by atoms with van der Waals surface area (Å²) in [5.41, 5.74) is 2.34. The van der Waals surface area contributed by atoms with Crippen LogP contribution in [0.3, 0.4) is 0 Å². The summed E-state index contributed by atoms with van der Waals surface area (Å²) in [5, 5.41) is 12.9. The minimum absolute atomic E-state index is 0.00192. The van der Waals surface area contributed by atoms with E-state index in [0.717, 1.165) is 12.3 Å². The predicted octanol–water partition coefficient (Wildman–Crippen LogP) is 4.82. The summed E-state index contributed by atoms with van der Waals surface area (Å²) in [6.07, 6.45) is -2.29. The Morgan fingerprint density at radius 1 is 1.19 bits per heavy atom. The highest BCUT2D eigenvalue weighted by atomic mass is 19.4. The molecule has 11 heteroatoms. The lowest BCUT2D eigenvalue weighted by Crippen LogP contribution is -2.05. The molecule has 32 heavy (non-hydrogen) atoms. The number of hydrogen-bond acceptors (Lipinski definition) is 7. The topological polar surface area (TPSA) is 106 Å². The Kier molecular flexibility index (Phi) is 6.98. The molecule has 0 aliphatic heterocycles. The van der Waals surface area contributed by atoms with Gasteiger partial charge in [0, 0.05) is 6.20 Å². The first-order valence-corrected chi connectivity index (χ1v) is 9.30. The van der Waals surface area contributed by atoms with Gasteiger partial charge in [-0.05, 0) is 55.0 Å². The average Bonchev–Trinajstić information content (AvgIpc) is 3.23. The first-order valence-electron chi connectivity index (χ1n) is 9.30. The molecule has 0 saturated carbocycles. The van der Waals surface area contributed by atoms with Gasteiger partial charge < -0.3 is 19.0 Å². The number of halogens is 3. The Labute approximate surface area is 180 Å². The number of benzene rings is 1. The molecule has 2 heterocycles. The van der Waals surface area contributed by atoms with Gasteiger partial charge in [0.2, 0.25) is 5.76 Å². The van der Waals surface area contributed by atoms with Crippen LogP contribution in [0, 0.1) is 0 Å². The zero-order valence-corrected chi connectivity index (χ0v) is 16.7. The van der Waals surface area contributed by atoms with Gasteiger partial charge in [0.15, 0.2) is 11.5 Å². The van der Waals surface area contributed by atoms with E-state index < -0.39 is 17.7 Å². The second kappa shape index (κ2) is 9.86. The van der Waals surface area contributed by atoms with E-state index in [0.29, 0.717) is 29.4 Å². The van der Waals surface area contributed by atoms with Gasteiger partial charge in [0.1, 0.15) is 18.2 Å². The van der Waals surface area contributed by atoms with Gasteiger partial charge in [0.25, 0.3) is 0 Å². The molecule has 0 radical (unpaired) electrons. The van der Waals surface area contributed by atoms with Gasteiger partial charge in [-0.2, -0.15) is 18.3 Å². The van der Waals surface area contributed by atoms with E-state index >= 15 is 0 Å². The van der Waals surface area contributed by atoms with Crippen LogP contribution < -0.4 is 14.9 Å². The number of rotatable bonds is 9. The third-order valence-electron chi connectivity index (χ3n) is 3.99. The number of furan rings is 1. The molecule has 0 amide bonds. The molecular formula is C21H18F3N3O5. The van der Waals surface area contributed by atoms with Crippen molar-refractivity contribution in [3.8, 4) is 11.5 Å². The number of ether oxygens (including phenoxy) is 2. The maximum atomic E-state index is 12.6. The van der Waals surface area contributed by atoms with Crippen molar-refractivity contribution in [3.05, 3.63) is 71.3 Å². The Morgan fingerprint density at radius 2 is 2.00 bits per heavy atom. The highest BCUT2D eigenvalue weighted by molar-refractivity contribution is 5.84. The highest BCUT2D eigenvalue weighted by Crippen LogP contribution is 2.30. The lowest BCUT2D eigenvalue weighted by Gasteiger charge is -2.11. The number of nitrogens with zero attached hydrogens (tertiary/aromatic N) is 2. The fourth-order valence-corrected chi connectivity index (χ4v) is 2.51. The van der Waals surface area contributed by atoms with Gasteiger partial charge in [-0.3, -0.25) is 5.43 Å². The number of nitrogens with one attached hydrogen (secondary N) is 1. The molecule has 168 valence electrons. The molecule has 0 aliphatic carbocycles. The number of carbonyl (C=O) groups is 1. The zero-order valence-electron chi connectivity index (χ0n) is 16.7. The maximum absolute atomic E-state index is 12.6. The molecule has 2 aromatic heterocycles. The van der Waals surface area contributed by atoms with Crippen molar-refractivity contribution in [2.24, 2.45) is 5.10 Å². The summed E-state index contributed by atoms with van der Waals surface area (Å²) in [6.45, 7) is 2.17. The van der Waals surface area contributed by atoms with E-state index in [9.17, 15) is 18.0 Å². The van der Waals surface area contributed by atoms with Crippen molar-refractivity contribution in [2.75, 3.05) is 12.0 Å². The van der Waals surface area contributed by atoms with E-state index in [1.54, 1.807) is 25.1 Å². The molecule has 0 aliphatic rings. The molecule has 0 atom stereocenters. The van der Waals surface area contributed by atoms with E-state index in [1.165, 1.54) is 24.4 Å². The SMILES string of the molecule is CCOc1cc(C=NNc2ccc(C(F)(F)F)cn2)ccc1OCc1ccc(C(=O)O)o1. The molecule has 2 N–H and O–H groups in total. The summed E-state index contributed by atoms with van der Waals surface area (Å²) in [7, 11) is 0. The minimum Gasteiger partial charge on any atom is -0.490 e. The van der Waals surface area contributed by atoms with E-state index in [2.05, 4.69) is 15.5 Å². The lowest BCUT2D eigenvalue weighted by atomic mass is 10.2. The first kappa shape index (κ1) is 22.7. The monoisotopic (exact) mass is 449 g/mol. The number of anilines is 1. The normalized spacial score (nSPS) is 11.5. The van der Waals surface area contributed by atoms with Crippen LogP contribution in [-0.2, 0) is 12.8 Å². The van der Waals surface area contributed by atoms with Crippen molar-refractivity contribution < 1.29 is 37.0 Å². The lowest BCUT2D eigenvalue weighted by molar-refractivity contribution is -0.137. The first-order chi connectivity index (χ1) is 15.3. The molecule has 3 aromatic rings. The van der Waals surface area contributed by atoms with Gasteiger partial charge >= 0.3 is 12.1 Å². The molecule has 0 bridgehead atoms. The van der Waals surface area contributed by atoms with Crippen LogP contribution >= 0.6 is 0 Å². The van der Waals surface area contributed by atoms with Gasteiger partial charge in [-0.15, -0.1) is 0 Å². The van der Waals surface area contributed by atoms with E-state index in [-0.39, 0.29) is 18.2 Å². The second-order valence-corrected chi connectivity index (χ2v) is 6.30. The fraction of sp³-hybridized carbons (Fsp3) is 0.190. The smallest absolute Gasteiger partial charge is 0.417 e. The number of aromatic carboxylic acids is 1. The van der Waals surface area contributed by atoms with Crippen LogP contribution in [0.25, 0.3) is 0 Å². The zero-order chi connectivity index (χ0) is 23.1. The van der Waals surface area contributed by atoms with Gasteiger partial charge in [-0.25, -0.2) is 9.78 Å². The third-order valence-corrected chi connectivity index (χ3v) is 3.99. The molecule has 1 aromatic carbocycles. The van der Waals surface area contributed by atoms with E-state index in [1.807, 2.05) is 0 Å². The van der Waals surface area contributed by atoms with Crippen LogP contribution in [0.4, 0.5) is 19.0 Å². The molecule has 0 unspecified atom stereocenters. The van der Waals surface area contributed by atoms with Gasteiger partial charge in [0.05, 0.1) is 18.4 Å². The van der Waals surface area contributed by atoms with Crippen molar-refractivity contribution in [1.29, 1.82) is 0 Å². The van der Waals surface area contributed by atoms with Crippen LogP contribution in [0.15, 0.2) is 58.2 Å². The summed E-state index contributed by atoms with van der Waals surface area (Å²) in [6, 6.07) is 9.91. The Bertz CT molecular complexity index is 1090. The van der Waals surface area contributed by atoms with Crippen molar-refractivity contribution in [3.63, 3.8) is 0 Å². The number of carboxylic acid groups (broad SMARTS) is 1. The number of alkyl halides is 3. The molecule has 0 fully saturated rings. The molecule has 0 saturated heterocycles. The molecule has 3 rings (SSSR count). The summed E-state index contributed by atoms with van der Waals surface area (Å²) in [4.78, 5) is 14.5. The third kappa shape index (κ3) is 6.00. The number of carboxylic acids is 1. The average molecular weight is 449 g/mol. The predicted molar refractivity (Wildman–Crippen MR) is 108 cm³/mol. The van der Waals surface area contributed by atoms with Crippen molar-refractivity contribution >= 4 is 18.0 Å². The molecule has 8 nitrogen and oxygen atoms in total. The largest absolute Gasteiger partial charge is 0.490 e. The summed E-state index contributed by atoms with van der Waals surface area (Å²) < 4.78 is 54.1. The Hall–Kier alpha value is -4.02. The summed E-state index contributed by atoms with van der Waals surface area (Å²) >= 11 is 0. The number of hydrazone groups is 1. The second-order valence-electron chi connectivity index (χ2n) is 6.30. The van der Waals surface area contributed by atoms with E-state index in [4.69, 9.17) is 19.0 Å².